The third-order valence-electron chi connectivity index (χ3n) is 3.94. The van der Waals surface area contributed by atoms with Crippen molar-refractivity contribution in [2.45, 2.75) is 63.2 Å². The maximum Gasteiger partial charge on any atom is 0.109 e. The van der Waals surface area contributed by atoms with Crippen molar-refractivity contribution in [1.82, 2.24) is 5.32 Å². The minimum absolute atomic E-state index is 0.221. The van der Waals surface area contributed by atoms with E-state index in [2.05, 4.69) is 18.3 Å². The highest BCUT2D eigenvalue weighted by atomic mass is 16.5. The van der Waals surface area contributed by atoms with Crippen LogP contribution in [-0.2, 0) is 9.47 Å². The lowest BCUT2D eigenvalue weighted by Gasteiger charge is -2.22. The van der Waals surface area contributed by atoms with Gasteiger partial charge in [0.1, 0.15) is 5.54 Å². The molecule has 4 nitrogen and oxygen atoms in total. The summed E-state index contributed by atoms with van der Waals surface area (Å²) < 4.78 is 11.5. The quantitative estimate of drug-likeness (QED) is 0.785. The van der Waals surface area contributed by atoms with Crippen molar-refractivity contribution in [3.8, 4) is 6.07 Å². The van der Waals surface area contributed by atoms with Gasteiger partial charge < -0.3 is 9.47 Å². The van der Waals surface area contributed by atoms with Gasteiger partial charge in [-0.15, -0.1) is 0 Å². The summed E-state index contributed by atoms with van der Waals surface area (Å²) in [5, 5.41) is 12.7. The number of nitrogens with zero attached hydrogens (tertiary/aromatic N) is 1. The predicted octanol–water partition coefficient (Wildman–Crippen LogP) is 2.00. The summed E-state index contributed by atoms with van der Waals surface area (Å²) >= 11 is 0. The molecule has 18 heavy (non-hydrogen) atoms. The molecule has 0 aromatic carbocycles. The third kappa shape index (κ3) is 3.44. The van der Waals surface area contributed by atoms with Crippen LogP contribution in [-0.4, -0.2) is 37.5 Å². The first kappa shape index (κ1) is 13.8. The number of hydrogen-bond acceptors (Lipinski definition) is 4. The fourth-order valence-corrected chi connectivity index (χ4v) is 2.83. The zero-order valence-electron chi connectivity index (χ0n) is 11.3. The second kappa shape index (κ2) is 6.51. The summed E-state index contributed by atoms with van der Waals surface area (Å²) in [5.41, 5.74) is -0.350. The minimum atomic E-state index is -0.350. The summed E-state index contributed by atoms with van der Waals surface area (Å²) in [6.07, 6.45) is 6.53. The summed E-state index contributed by atoms with van der Waals surface area (Å²) in [6, 6.07) is 2.45. The van der Waals surface area contributed by atoms with Gasteiger partial charge in [-0.1, -0.05) is 6.92 Å². The van der Waals surface area contributed by atoms with E-state index in [0.717, 1.165) is 51.7 Å². The Balaban J connectivity index is 1.74. The van der Waals surface area contributed by atoms with E-state index in [-0.39, 0.29) is 17.7 Å². The standard InChI is InChI=1S/C14H24N2O2/c1-2-7-16-14(11-15)6-5-12(9-14)18-10-13-4-3-8-17-13/h12-13,16H,2-10H2,1H3. The van der Waals surface area contributed by atoms with Crippen molar-refractivity contribution in [3.05, 3.63) is 0 Å². The van der Waals surface area contributed by atoms with Crippen LogP contribution in [0, 0.1) is 11.3 Å². The zero-order chi connectivity index (χ0) is 12.8. The van der Waals surface area contributed by atoms with E-state index in [9.17, 15) is 5.26 Å². The Morgan fingerprint density at radius 2 is 2.39 bits per heavy atom. The molecule has 4 heteroatoms. The fourth-order valence-electron chi connectivity index (χ4n) is 2.83. The van der Waals surface area contributed by atoms with E-state index < -0.39 is 0 Å². The molecule has 3 atom stereocenters. The van der Waals surface area contributed by atoms with Gasteiger partial charge in [-0.2, -0.15) is 5.26 Å². The second-order valence-electron chi connectivity index (χ2n) is 5.45. The first-order valence-electron chi connectivity index (χ1n) is 7.17. The normalized spacial score (nSPS) is 35.8. The van der Waals surface area contributed by atoms with E-state index in [1.165, 1.54) is 0 Å². The molecule has 1 saturated carbocycles. The van der Waals surface area contributed by atoms with E-state index in [4.69, 9.17) is 9.47 Å². The molecular formula is C14H24N2O2. The number of ether oxygens (including phenoxy) is 2. The Hall–Kier alpha value is -0.630. The Kier molecular flexibility index (Phi) is 4.99. The molecule has 1 aliphatic heterocycles. The molecule has 0 aromatic rings. The Morgan fingerprint density at radius 1 is 1.50 bits per heavy atom. The Morgan fingerprint density at radius 3 is 3.06 bits per heavy atom. The van der Waals surface area contributed by atoms with Crippen molar-refractivity contribution in [3.63, 3.8) is 0 Å². The molecule has 0 aromatic heterocycles. The van der Waals surface area contributed by atoms with Crippen LogP contribution in [0.3, 0.4) is 0 Å². The topological polar surface area (TPSA) is 54.3 Å². The van der Waals surface area contributed by atoms with Gasteiger partial charge in [-0.05, 0) is 38.6 Å². The number of rotatable bonds is 6. The smallest absolute Gasteiger partial charge is 0.109 e. The van der Waals surface area contributed by atoms with Crippen molar-refractivity contribution in [2.75, 3.05) is 19.8 Å². The van der Waals surface area contributed by atoms with E-state index >= 15 is 0 Å². The van der Waals surface area contributed by atoms with Gasteiger partial charge in [0.15, 0.2) is 0 Å². The SMILES string of the molecule is CCCNC1(C#N)CCC(OCC2CCCO2)C1. The Bertz CT molecular complexity index is 297. The van der Waals surface area contributed by atoms with Crippen LogP contribution >= 0.6 is 0 Å². The molecule has 0 radical (unpaired) electrons. The van der Waals surface area contributed by atoms with Crippen molar-refractivity contribution >= 4 is 0 Å². The lowest BCUT2D eigenvalue weighted by Crippen LogP contribution is -2.42. The average Bonchev–Trinajstić information content (AvgIpc) is 3.04. The van der Waals surface area contributed by atoms with Crippen LogP contribution in [0.2, 0.25) is 0 Å². The van der Waals surface area contributed by atoms with Crippen LogP contribution in [0.5, 0.6) is 0 Å². The second-order valence-corrected chi connectivity index (χ2v) is 5.45. The summed E-state index contributed by atoms with van der Waals surface area (Å²) in [4.78, 5) is 0. The monoisotopic (exact) mass is 252 g/mol. The van der Waals surface area contributed by atoms with Crippen molar-refractivity contribution in [2.24, 2.45) is 0 Å². The van der Waals surface area contributed by atoms with Gasteiger partial charge in [0.05, 0.1) is 24.9 Å². The highest BCUT2D eigenvalue weighted by Gasteiger charge is 2.39. The number of hydrogen-bond donors (Lipinski definition) is 1. The molecule has 1 aliphatic carbocycles. The molecule has 0 amide bonds. The fraction of sp³-hybridized carbons (Fsp3) is 0.929. The lowest BCUT2D eigenvalue weighted by molar-refractivity contribution is -0.0191. The predicted molar refractivity (Wildman–Crippen MR) is 69.2 cm³/mol. The lowest BCUT2D eigenvalue weighted by atomic mass is 9.99. The first-order chi connectivity index (χ1) is 8.78. The minimum Gasteiger partial charge on any atom is -0.376 e. The average molecular weight is 252 g/mol. The molecule has 2 rings (SSSR count). The van der Waals surface area contributed by atoms with Crippen molar-refractivity contribution in [1.29, 1.82) is 5.26 Å². The largest absolute Gasteiger partial charge is 0.376 e. The van der Waals surface area contributed by atoms with Crippen LogP contribution in [0.15, 0.2) is 0 Å². The van der Waals surface area contributed by atoms with Gasteiger partial charge >= 0.3 is 0 Å². The van der Waals surface area contributed by atoms with Crippen LogP contribution in [0.4, 0.5) is 0 Å². The molecule has 3 unspecified atom stereocenters. The Labute approximate surface area is 110 Å². The molecular weight excluding hydrogens is 228 g/mol. The molecule has 1 heterocycles. The van der Waals surface area contributed by atoms with Gasteiger partial charge in [-0.25, -0.2) is 0 Å². The van der Waals surface area contributed by atoms with Gasteiger partial charge in [0.2, 0.25) is 0 Å². The van der Waals surface area contributed by atoms with E-state index in [1.54, 1.807) is 0 Å². The van der Waals surface area contributed by atoms with E-state index in [0.29, 0.717) is 6.61 Å². The molecule has 2 fully saturated rings. The molecule has 2 aliphatic rings. The summed E-state index contributed by atoms with van der Waals surface area (Å²) in [7, 11) is 0. The molecule has 102 valence electrons. The third-order valence-corrected chi connectivity index (χ3v) is 3.94. The van der Waals surface area contributed by atoms with Gasteiger partial charge in [0, 0.05) is 13.0 Å². The summed E-state index contributed by atoms with van der Waals surface area (Å²) in [5.74, 6) is 0. The maximum atomic E-state index is 9.35. The number of nitriles is 1. The van der Waals surface area contributed by atoms with Crippen LogP contribution < -0.4 is 5.32 Å². The van der Waals surface area contributed by atoms with Crippen molar-refractivity contribution < 1.29 is 9.47 Å². The summed E-state index contributed by atoms with van der Waals surface area (Å²) in [6.45, 7) is 4.60. The number of nitrogens with one attached hydrogen (secondary N) is 1. The molecule has 1 saturated heterocycles. The van der Waals surface area contributed by atoms with Gasteiger partial charge in [0.25, 0.3) is 0 Å². The first-order valence-corrected chi connectivity index (χ1v) is 7.17. The van der Waals surface area contributed by atoms with E-state index in [1.807, 2.05) is 0 Å². The zero-order valence-corrected chi connectivity index (χ0v) is 11.3. The highest BCUT2D eigenvalue weighted by Crippen LogP contribution is 2.32. The van der Waals surface area contributed by atoms with Crippen LogP contribution in [0.1, 0.15) is 45.4 Å². The van der Waals surface area contributed by atoms with Crippen LogP contribution in [0.25, 0.3) is 0 Å². The molecule has 0 spiro atoms. The maximum absolute atomic E-state index is 9.35. The molecule has 0 bridgehead atoms. The molecule has 1 N–H and O–H groups in total. The highest BCUT2D eigenvalue weighted by molar-refractivity contribution is 5.12. The van der Waals surface area contributed by atoms with Gasteiger partial charge in [-0.3, -0.25) is 5.32 Å².